The summed E-state index contributed by atoms with van der Waals surface area (Å²) in [4.78, 5) is 22.6. The van der Waals surface area contributed by atoms with Gasteiger partial charge in [0.25, 0.3) is 0 Å². The van der Waals surface area contributed by atoms with Crippen LogP contribution < -0.4 is 0 Å². The Bertz CT molecular complexity index is 697. The molecule has 0 aliphatic heterocycles. The number of aryl methyl sites for hydroxylation is 2. The Balaban J connectivity index is 2.12. The Labute approximate surface area is 132 Å². The van der Waals surface area contributed by atoms with Crippen LogP contribution in [-0.4, -0.2) is 26.8 Å². The van der Waals surface area contributed by atoms with E-state index < -0.39 is 5.97 Å². The number of hydrogen-bond donors (Lipinski definition) is 1. The van der Waals surface area contributed by atoms with Crippen LogP contribution >= 0.6 is 23.1 Å². The summed E-state index contributed by atoms with van der Waals surface area (Å²) in [7, 11) is 0. The summed E-state index contributed by atoms with van der Waals surface area (Å²) in [6.07, 6.45) is 4.14. The van der Waals surface area contributed by atoms with Crippen molar-refractivity contribution >= 4 is 39.3 Å². The van der Waals surface area contributed by atoms with Crippen LogP contribution in [0.5, 0.6) is 0 Å². The van der Waals surface area contributed by atoms with Gasteiger partial charge in [0.2, 0.25) is 0 Å². The van der Waals surface area contributed by atoms with E-state index in [0.29, 0.717) is 0 Å². The van der Waals surface area contributed by atoms with Gasteiger partial charge < -0.3 is 5.11 Å². The molecule has 2 aromatic rings. The van der Waals surface area contributed by atoms with Gasteiger partial charge in [-0.1, -0.05) is 25.6 Å². The molecular formula is C15H18N2O2S2. The van der Waals surface area contributed by atoms with E-state index in [1.54, 1.807) is 11.3 Å². The first-order chi connectivity index (χ1) is 10.1. The minimum atomic E-state index is -0.803. The van der Waals surface area contributed by atoms with Crippen LogP contribution in [0.3, 0.4) is 0 Å². The SMILES string of the molecule is CCc1nc(SCC(=O)O)c2c3c(sc2n1)CC(C)CC3. The fraction of sp³-hybridized carbons (Fsp3) is 0.533. The van der Waals surface area contributed by atoms with Crippen molar-refractivity contribution in [3.63, 3.8) is 0 Å². The number of fused-ring (bicyclic) bond motifs is 3. The lowest BCUT2D eigenvalue weighted by Gasteiger charge is -2.18. The molecule has 1 aliphatic rings. The number of thioether (sulfide) groups is 1. The molecule has 0 radical (unpaired) electrons. The lowest BCUT2D eigenvalue weighted by molar-refractivity contribution is -0.133. The minimum absolute atomic E-state index is 0.0519. The van der Waals surface area contributed by atoms with Crippen molar-refractivity contribution in [2.24, 2.45) is 5.92 Å². The molecule has 2 aromatic heterocycles. The Hall–Kier alpha value is -1.14. The number of nitrogens with zero attached hydrogens (tertiary/aromatic N) is 2. The third-order valence-corrected chi connectivity index (χ3v) is 5.93. The molecule has 0 bridgehead atoms. The van der Waals surface area contributed by atoms with E-state index in [4.69, 9.17) is 5.11 Å². The van der Waals surface area contributed by atoms with Crippen molar-refractivity contribution in [1.29, 1.82) is 0 Å². The molecule has 0 aromatic carbocycles. The smallest absolute Gasteiger partial charge is 0.313 e. The molecule has 3 rings (SSSR count). The van der Waals surface area contributed by atoms with E-state index in [-0.39, 0.29) is 5.75 Å². The maximum absolute atomic E-state index is 10.9. The van der Waals surface area contributed by atoms with Crippen LogP contribution in [0.4, 0.5) is 0 Å². The highest BCUT2D eigenvalue weighted by molar-refractivity contribution is 8.00. The molecule has 2 heterocycles. The van der Waals surface area contributed by atoms with Gasteiger partial charge in [-0.3, -0.25) is 4.79 Å². The summed E-state index contributed by atoms with van der Waals surface area (Å²) in [5.41, 5.74) is 1.36. The molecular weight excluding hydrogens is 304 g/mol. The van der Waals surface area contributed by atoms with E-state index in [9.17, 15) is 4.79 Å². The molecule has 0 saturated carbocycles. The number of thiophene rings is 1. The first-order valence-electron chi connectivity index (χ1n) is 7.24. The summed E-state index contributed by atoms with van der Waals surface area (Å²) in [6.45, 7) is 4.32. The fourth-order valence-corrected chi connectivity index (χ4v) is 5.00. The molecule has 1 unspecified atom stereocenters. The zero-order valence-electron chi connectivity index (χ0n) is 12.2. The van der Waals surface area contributed by atoms with Crippen molar-refractivity contribution in [2.75, 3.05) is 5.75 Å². The van der Waals surface area contributed by atoms with E-state index in [2.05, 4.69) is 16.9 Å². The van der Waals surface area contributed by atoms with Gasteiger partial charge in [-0.15, -0.1) is 11.3 Å². The second-order valence-corrected chi connectivity index (χ2v) is 7.56. The number of rotatable bonds is 4. The highest BCUT2D eigenvalue weighted by Crippen LogP contribution is 2.40. The molecule has 4 nitrogen and oxygen atoms in total. The monoisotopic (exact) mass is 322 g/mol. The van der Waals surface area contributed by atoms with Crippen LogP contribution in [0.2, 0.25) is 0 Å². The minimum Gasteiger partial charge on any atom is -0.481 e. The number of carboxylic acids is 1. The van der Waals surface area contributed by atoms with Crippen molar-refractivity contribution in [3.8, 4) is 0 Å². The quantitative estimate of drug-likeness (QED) is 0.689. The van der Waals surface area contributed by atoms with Crippen LogP contribution in [0.15, 0.2) is 5.03 Å². The van der Waals surface area contributed by atoms with Crippen LogP contribution in [0, 0.1) is 5.92 Å². The van der Waals surface area contributed by atoms with Gasteiger partial charge in [0.15, 0.2) is 0 Å². The van der Waals surface area contributed by atoms with Gasteiger partial charge in [-0.2, -0.15) is 0 Å². The fourth-order valence-electron chi connectivity index (χ4n) is 2.74. The van der Waals surface area contributed by atoms with Gasteiger partial charge in [0, 0.05) is 16.7 Å². The van der Waals surface area contributed by atoms with Crippen LogP contribution in [-0.2, 0) is 24.1 Å². The topological polar surface area (TPSA) is 63.1 Å². The number of carboxylic acid groups (broad SMARTS) is 1. The molecule has 0 fully saturated rings. The standard InChI is InChI=1S/C15H18N2O2S2/c1-3-11-16-14(20-7-12(18)19)13-9-5-4-8(2)6-10(9)21-15(13)17-11/h8H,3-7H2,1-2H3,(H,18,19). The highest BCUT2D eigenvalue weighted by Gasteiger charge is 2.24. The van der Waals surface area contributed by atoms with E-state index in [1.807, 2.05) is 6.92 Å². The molecule has 6 heteroatoms. The predicted octanol–water partition coefficient (Wildman–Crippen LogP) is 3.56. The Kier molecular flexibility index (Phi) is 4.17. The van der Waals surface area contributed by atoms with Crippen LogP contribution in [0.1, 0.15) is 36.5 Å². The maximum Gasteiger partial charge on any atom is 0.313 e. The number of aliphatic carboxylic acids is 1. The largest absolute Gasteiger partial charge is 0.481 e. The normalized spacial score (nSPS) is 17.9. The first-order valence-corrected chi connectivity index (χ1v) is 9.04. The van der Waals surface area contributed by atoms with E-state index in [0.717, 1.165) is 46.2 Å². The summed E-state index contributed by atoms with van der Waals surface area (Å²) in [5, 5.41) is 10.9. The molecule has 1 atom stereocenters. The predicted molar refractivity (Wildman–Crippen MR) is 86.3 cm³/mol. The lowest BCUT2D eigenvalue weighted by atomic mass is 9.89. The number of hydrogen-bond acceptors (Lipinski definition) is 5. The summed E-state index contributed by atoms with van der Waals surface area (Å²) in [5.74, 6) is 0.778. The zero-order chi connectivity index (χ0) is 15.0. The second kappa shape index (κ2) is 5.93. The average Bonchev–Trinajstić information content (AvgIpc) is 2.81. The highest BCUT2D eigenvalue weighted by atomic mass is 32.2. The van der Waals surface area contributed by atoms with Crippen molar-refractivity contribution < 1.29 is 9.90 Å². The van der Waals surface area contributed by atoms with Crippen molar-refractivity contribution in [1.82, 2.24) is 9.97 Å². The first kappa shape index (κ1) is 14.8. The Morgan fingerprint density at radius 1 is 1.48 bits per heavy atom. The number of aromatic nitrogens is 2. The Morgan fingerprint density at radius 2 is 2.29 bits per heavy atom. The summed E-state index contributed by atoms with van der Waals surface area (Å²) < 4.78 is 0. The lowest BCUT2D eigenvalue weighted by Crippen LogP contribution is -2.09. The summed E-state index contributed by atoms with van der Waals surface area (Å²) >= 11 is 3.09. The van der Waals surface area contributed by atoms with Crippen LogP contribution in [0.25, 0.3) is 10.2 Å². The average molecular weight is 322 g/mol. The third-order valence-electron chi connectivity index (χ3n) is 3.82. The van der Waals surface area contributed by atoms with Crippen molar-refractivity contribution in [3.05, 3.63) is 16.3 Å². The van der Waals surface area contributed by atoms with Gasteiger partial charge in [0.05, 0.1) is 5.75 Å². The summed E-state index contributed by atoms with van der Waals surface area (Å²) in [6, 6.07) is 0. The van der Waals surface area contributed by atoms with Gasteiger partial charge in [-0.25, -0.2) is 9.97 Å². The molecule has 21 heavy (non-hydrogen) atoms. The second-order valence-electron chi connectivity index (χ2n) is 5.51. The van der Waals surface area contributed by atoms with E-state index >= 15 is 0 Å². The van der Waals surface area contributed by atoms with E-state index in [1.165, 1.54) is 28.6 Å². The molecule has 0 spiro atoms. The molecule has 0 amide bonds. The molecule has 112 valence electrons. The molecule has 1 aliphatic carbocycles. The Morgan fingerprint density at radius 3 is 3.00 bits per heavy atom. The van der Waals surface area contributed by atoms with Gasteiger partial charge in [0.1, 0.15) is 15.7 Å². The molecule has 1 N–H and O–H groups in total. The third kappa shape index (κ3) is 2.92. The molecule has 0 saturated heterocycles. The van der Waals surface area contributed by atoms with Gasteiger partial charge >= 0.3 is 5.97 Å². The maximum atomic E-state index is 10.9. The zero-order valence-corrected chi connectivity index (χ0v) is 13.8. The van der Waals surface area contributed by atoms with Gasteiger partial charge in [-0.05, 0) is 30.7 Å². The number of carbonyl (C=O) groups is 1. The van der Waals surface area contributed by atoms with Crippen molar-refractivity contribution in [2.45, 2.75) is 44.6 Å².